The van der Waals surface area contributed by atoms with Gasteiger partial charge in [0.1, 0.15) is 5.69 Å². The molecule has 0 aliphatic carbocycles. The van der Waals surface area contributed by atoms with E-state index in [4.69, 9.17) is 0 Å². The number of carbonyl (C=O) groups excluding carboxylic acids is 1. The fourth-order valence-electron chi connectivity index (χ4n) is 2.87. The molecule has 0 aliphatic heterocycles. The molecular formula is C18H19N3O2. The van der Waals surface area contributed by atoms with Crippen molar-refractivity contribution >= 4 is 16.8 Å². The van der Waals surface area contributed by atoms with Crippen LogP contribution in [0, 0.1) is 13.8 Å². The van der Waals surface area contributed by atoms with E-state index < -0.39 is 0 Å². The molecule has 0 fully saturated rings. The van der Waals surface area contributed by atoms with Crippen molar-refractivity contribution in [2.24, 2.45) is 7.05 Å². The van der Waals surface area contributed by atoms with E-state index in [1.54, 1.807) is 0 Å². The summed E-state index contributed by atoms with van der Waals surface area (Å²) in [6.45, 7) is 3.93. The van der Waals surface area contributed by atoms with Crippen LogP contribution < -0.4 is 10.9 Å². The van der Waals surface area contributed by atoms with E-state index in [1.807, 2.05) is 61.9 Å². The van der Waals surface area contributed by atoms with Crippen molar-refractivity contribution in [1.29, 1.82) is 0 Å². The van der Waals surface area contributed by atoms with Crippen molar-refractivity contribution in [3.63, 3.8) is 0 Å². The van der Waals surface area contributed by atoms with E-state index in [9.17, 15) is 9.59 Å². The first-order chi connectivity index (χ1) is 11.0. The lowest BCUT2D eigenvalue weighted by molar-refractivity contribution is 0.0943. The van der Waals surface area contributed by atoms with Gasteiger partial charge in [0.2, 0.25) is 0 Å². The van der Waals surface area contributed by atoms with Gasteiger partial charge in [0, 0.05) is 35.8 Å². The van der Waals surface area contributed by atoms with Crippen LogP contribution in [0.1, 0.15) is 27.3 Å². The predicted molar refractivity (Wildman–Crippen MR) is 90.6 cm³/mol. The largest absolute Gasteiger partial charge is 0.346 e. The van der Waals surface area contributed by atoms with Crippen LogP contribution in [0.4, 0.5) is 0 Å². The first kappa shape index (κ1) is 15.1. The quantitative estimate of drug-likeness (QED) is 0.780. The zero-order valence-corrected chi connectivity index (χ0v) is 13.4. The van der Waals surface area contributed by atoms with E-state index in [1.165, 1.54) is 0 Å². The number of aromatic amines is 1. The number of H-pyrrole nitrogens is 1. The van der Waals surface area contributed by atoms with Crippen molar-refractivity contribution in [1.82, 2.24) is 14.9 Å². The summed E-state index contributed by atoms with van der Waals surface area (Å²) in [4.78, 5) is 27.2. The van der Waals surface area contributed by atoms with Gasteiger partial charge in [-0.05, 0) is 37.6 Å². The van der Waals surface area contributed by atoms with Crippen LogP contribution >= 0.6 is 0 Å². The van der Waals surface area contributed by atoms with Crippen LogP contribution in [-0.4, -0.2) is 15.5 Å². The second-order valence-electron chi connectivity index (χ2n) is 5.77. The Balaban J connectivity index is 1.85. The molecular weight excluding hydrogens is 290 g/mol. The Morgan fingerprint density at radius 3 is 2.65 bits per heavy atom. The highest BCUT2D eigenvalue weighted by molar-refractivity contribution is 5.98. The number of benzene rings is 1. The Labute approximate surface area is 134 Å². The second kappa shape index (κ2) is 5.76. The fourth-order valence-corrected chi connectivity index (χ4v) is 2.87. The maximum Gasteiger partial charge on any atom is 0.268 e. The lowest BCUT2D eigenvalue weighted by atomic mass is 10.1. The molecule has 0 bridgehead atoms. The monoisotopic (exact) mass is 309 g/mol. The van der Waals surface area contributed by atoms with Gasteiger partial charge in [-0.2, -0.15) is 0 Å². The predicted octanol–water partition coefficient (Wildman–Crippen LogP) is 2.41. The Kier molecular flexibility index (Phi) is 3.78. The molecule has 2 N–H and O–H groups in total. The number of fused-ring (bicyclic) bond motifs is 1. The molecule has 3 aromatic rings. The highest BCUT2D eigenvalue weighted by Crippen LogP contribution is 2.18. The molecule has 0 spiro atoms. The van der Waals surface area contributed by atoms with Crippen LogP contribution in [0.3, 0.4) is 0 Å². The Bertz CT molecular complexity index is 951. The summed E-state index contributed by atoms with van der Waals surface area (Å²) in [5.41, 5.74) is 3.71. The SMILES string of the molecule is Cc1cc(C)c(CNC(=O)c2cc3ccccc3n2C)c(=O)[nH]1. The number of aryl methyl sites for hydroxylation is 3. The van der Waals surface area contributed by atoms with Gasteiger partial charge in [-0.3, -0.25) is 9.59 Å². The van der Waals surface area contributed by atoms with Gasteiger partial charge in [-0.25, -0.2) is 0 Å². The minimum Gasteiger partial charge on any atom is -0.346 e. The first-order valence-corrected chi connectivity index (χ1v) is 7.49. The normalized spacial score (nSPS) is 10.9. The average molecular weight is 309 g/mol. The molecule has 0 unspecified atom stereocenters. The highest BCUT2D eigenvalue weighted by atomic mass is 16.2. The highest BCUT2D eigenvalue weighted by Gasteiger charge is 2.14. The summed E-state index contributed by atoms with van der Waals surface area (Å²) in [5, 5.41) is 3.86. The topological polar surface area (TPSA) is 66.9 Å². The molecule has 2 heterocycles. The van der Waals surface area contributed by atoms with E-state index in [-0.39, 0.29) is 18.0 Å². The molecule has 0 atom stereocenters. The third-order valence-corrected chi connectivity index (χ3v) is 4.10. The van der Waals surface area contributed by atoms with E-state index in [0.717, 1.165) is 22.2 Å². The number of hydrogen-bond acceptors (Lipinski definition) is 2. The third-order valence-electron chi connectivity index (χ3n) is 4.10. The summed E-state index contributed by atoms with van der Waals surface area (Å²) in [6, 6.07) is 11.6. The van der Waals surface area contributed by atoms with Gasteiger partial charge >= 0.3 is 0 Å². The third kappa shape index (κ3) is 2.77. The Morgan fingerprint density at radius 1 is 1.22 bits per heavy atom. The van der Waals surface area contributed by atoms with Crippen LogP contribution in [0.5, 0.6) is 0 Å². The fraction of sp³-hybridized carbons (Fsp3) is 0.222. The van der Waals surface area contributed by atoms with Crippen molar-refractivity contribution in [3.05, 3.63) is 69.3 Å². The van der Waals surface area contributed by atoms with Gasteiger partial charge < -0.3 is 14.9 Å². The average Bonchev–Trinajstić information content (AvgIpc) is 2.84. The number of para-hydroxylation sites is 1. The zero-order chi connectivity index (χ0) is 16.6. The van der Waals surface area contributed by atoms with E-state index in [0.29, 0.717) is 11.3 Å². The molecule has 5 heteroatoms. The standard InChI is InChI=1S/C18H19N3O2/c1-11-8-12(2)20-17(22)14(11)10-19-18(23)16-9-13-6-4-5-7-15(13)21(16)3/h4-9H,10H2,1-3H3,(H,19,23)(H,20,22). The van der Waals surface area contributed by atoms with Crippen LogP contribution in [0.2, 0.25) is 0 Å². The second-order valence-corrected chi connectivity index (χ2v) is 5.77. The molecule has 0 radical (unpaired) electrons. The number of rotatable bonds is 3. The summed E-state index contributed by atoms with van der Waals surface area (Å²) in [5.74, 6) is -0.192. The molecule has 5 nitrogen and oxygen atoms in total. The van der Waals surface area contributed by atoms with Crippen LogP contribution in [0.25, 0.3) is 10.9 Å². The van der Waals surface area contributed by atoms with Crippen molar-refractivity contribution in [2.75, 3.05) is 0 Å². The number of nitrogens with one attached hydrogen (secondary N) is 2. The smallest absolute Gasteiger partial charge is 0.268 e. The molecule has 118 valence electrons. The Morgan fingerprint density at radius 2 is 1.96 bits per heavy atom. The number of carbonyl (C=O) groups is 1. The maximum atomic E-state index is 12.5. The number of hydrogen-bond donors (Lipinski definition) is 2. The number of pyridine rings is 1. The molecule has 23 heavy (non-hydrogen) atoms. The van der Waals surface area contributed by atoms with Crippen molar-refractivity contribution in [2.45, 2.75) is 20.4 Å². The Hall–Kier alpha value is -2.82. The number of amides is 1. The molecule has 2 aromatic heterocycles. The minimum absolute atomic E-state index is 0.153. The molecule has 3 rings (SSSR count). The lowest BCUT2D eigenvalue weighted by Gasteiger charge is -2.09. The van der Waals surface area contributed by atoms with Gasteiger partial charge in [-0.1, -0.05) is 18.2 Å². The minimum atomic E-state index is -0.192. The molecule has 0 aliphatic rings. The summed E-state index contributed by atoms with van der Waals surface area (Å²) >= 11 is 0. The van der Waals surface area contributed by atoms with Gasteiger partial charge in [0.15, 0.2) is 0 Å². The number of aromatic nitrogens is 2. The van der Waals surface area contributed by atoms with Gasteiger partial charge in [-0.15, -0.1) is 0 Å². The van der Waals surface area contributed by atoms with E-state index >= 15 is 0 Å². The van der Waals surface area contributed by atoms with Crippen LogP contribution in [0.15, 0.2) is 41.2 Å². The summed E-state index contributed by atoms with van der Waals surface area (Å²) in [6.07, 6.45) is 0. The van der Waals surface area contributed by atoms with Crippen molar-refractivity contribution < 1.29 is 4.79 Å². The summed E-state index contributed by atoms with van der Waals surface area (Å²) in [7, 11) is 1.86. The molecule has 1 amide bonds. The molecule has 0 saturated carbocycles. The maximum absolute atomic E-state index is 12.5. The number of nitrogens with zero attached hydrogens (tertiary/aromatic N) is 1. The molecule has 0 saturated heterocycles. The first-order valence-electron chi connectivity index (χ1n) is 7.49. The molecule has 1 aromatic carbocycles. The summed E-state index contributed by atoms with van der Waals surface area (Å²) < 4.78 is 1.86. The lowest BCUT2D eigenvalue weighted by Crippen LogP contribution is -2.29. The van der Waals surface area contributed by atoms with Crippen molar-refractivity contribution in [3.8, 4) is 0 Å². The van der Waals surface area contributed by atoms with Crippen LogP contribution in [-0.2, 0) is 13.6 Å². The zero-order valence-electron chi connectivity index (χ0n) is 13.4. The van der Waals surface area contributed by atoms with Gasteiger partial charge in [0.05, 0.1) is 0 Å². The van der Waals surface area contributed by atoms with Gasteiger partial charge in [0.25, 0.3) is 11.5 Å². The van der Waals surface area contributed by atoms with E-state index in [2.05, 4.69) is 10.3 Å².